The molecular weight excluding hydrogens is 356 g/mol. The van der Waals surface area contributed by atoms with E-state index in [2.05, 4.69) is 0 Å². The van der Waals surface area contributed by atoms with Crippen molar-refractivity contribution in [3.63, 3.8) is 0 Å². The Hall–Kier alpha value is -0.580. The summed E-state index contributed by atoms with van der Waals surface area (Å²) in [5.41, 5.74) is -1.73. The van der Waals surface area contributed by atoms with Crippen molar-refractivity contribution < 1.29 is 40.1 Å². The average Bonchev–Trinajstić information content (AvgIpc) is 2.58. The molecule has 2 aliphatic rings. The number of hydrogen-bond donors (Lipinski definition) is 6. The standard InChI is InChI=1S/C19H34O8/c1-10-7-12(8-18(3,4)19(10,25)6-5-11(2)21)26-17-16(24)15(23)14(22)13(9-20)27-17/h5-6,10-17,20-25H,7-9H2,1-4H3/b6-5+/t10-,11-,12+,13-,14-,15+,16-,17-,19-/m1/s1. The second-order valence-electron chi connectivity index (χ2n) is 8.61. The van der Waals surface area contributed by atoms with E-state index in [1.165, 1.54) is 0 Å². The SMILES string of the molecule is C[C@@H]1C[C@H](O[C@@H]2O[C@H](CO)[C@@H](O)[C@H](O)[C@H]2O)CC(C)(C)[C@@]1(O)/C=C/[C@@H](C)O. The minimum atomic E-state index is -1.49. The van der Waals surface area contributed by atoms with Crippen LogP contribution in [-0.2, 0) is 9.47 Å². The molecule has 0 unspecified atom stereocenters. The van der Waals surface area contributed by atoms with Crippen molar-refractivity contribution in [2.24, 2.45) is 11.3 Å². The summed E-state index contributed by atoms with van der Waals surface area (Å²) in [4.78, 5) is 0. The topological polar surface area (TPSA) is 140 Å². The van der Waals surface area contributed by atoms with Crippen LogP contribution in [0.3, 0.4) is 0 Å². The van der Waals surface area contributed by atoms with Crippen LogP contribution in [0, 0.1) is 11.3 Å². The molecule has 158 valence electrons. The number of hydrogen-bond acceptors (Lipinski definition) is 8. The molecule has 0 aromatic carbocycles. The van der Waals surface area contributed by atoms with E-state index in [1.54, 1.807) is 19.1 Å². The maximum absolute atomic E-state index is 11.2. The van der Waals surface area contributed by atoms with Crippen LogP contribution in [-0.4, -0.2) is 85.8 Å². The quantitative estimate of drug-likeness (QED) is 0.339. The van der Waals surface area contributed by atoms with Gasteiger partial charge in [0.05, 0.1) is 24.4 Å². The van der Waals surface area contributed by atoms with Crippen LogP contribution in [0.5, 0.6) is 0 Å². The van der Waals surface area contributed by atoms with Gasteiger partial charge in [-0.15, -0.1) is 0 Å². The van der Waals surface area contributed by atoms with Gasteiger partial charge < -0.3 is 40.1 Å². The van der Waals surface area contributed by atoms with Crippen molar-refractivity contribution in [3.05, 3.63) is 12.2 Å². The predicted molar refractivity (Wildman–Crippen MR) is 96.6 cm³/mol. The Bertz CT molecular complexity index is 520. The first-order valence-corrected chi connectivity index (χ1v) is 9.48. The van der Waals surface area contributed by atoms with Crippen LogP contribution >= 0.6 is 0 Å². The van der Waals surface area contributed by atoms with Gasteiger partial charge in [-0.1, -0.05) is 32.9 Å². The van der Waals surface area contributed by atoms with Gasteiger partial charge in [-0.25, -0.2) is 0 Å². The van der Waals surface area contributed by atoms with Gasteiger partial charge in [0.2, 0.25) is 0 Å². The number of aliphatic hydroxyl groups excluding tert-OH is 5. The molecule has 1 heterocycles. The molecule has 8 heteroatoms. The fourth-order valence-corrected chi connectivity index (χ4v) is 4.21. The highest BCUT2D eigenvalue weighted by Gasteiger charge is 2.52. The van der Waals surface area contributed by atoms with E-state index < -0.39 is 54.4 Å². The van der Waals surface area contributed by atoms with Crippen LogP contribution in [0.15, 0.2) is 12.2 Å². The Balaban J connectivity index is 2.12. The molecule has 0 aromatic rings. The average molecular weight is 390 g/mol. The highest BCUT2D eigenvalue weighted by Crippen LogP contribution is 2.49. The summed E-state index contributed by atoms with van der Waals surface area (Å²) in [6.45, 7) is 6.79. The highest BCUT2D eigenvalue weighted by molar-refractivity contribution is 5.15. The number of rotatable bonds is 5. The van der Waals surface area contributed by atoms with Crippen molar-refractivity contribution in [1.82, 2.24) is 0 Å². The highest BCUT2D eigenvalue weighted by atomic mass is 16.7. The lowest BCUT2D eigenvalue weighted by atomic mass is 9.59. The summed E-state index contributed by atoms with van der Waals surface area (Å²) in [5, 5.41) is 60.0. The fourth-order valence-electron chi connectivity index (χ4n) is 4.21. The van der Waals surface area contributed by atoms with Crippen LogP contribution in [0.1, 0.15) is 40.5 Å². The van der Waals surface area contributed by atoms with Crippen molar-refractivity contribution in [3.8, 4) is 0 Å². The molecule has 1 saturated heterocycles. The largest absolute Gasteiger partial charge is 0.394 e. The van der Waals surface area contributed by atoms with E-state index in [9.17, 15) is 30.6 Å². The first-order chi connectivity index (χ1) is 12.4. The summed E-state index contributed by atoms with van der Waals surface area (Å²) in [6, 6.07) is 0. The maximum Gasteiger partial charge on any atom is 0.186 e. The van der Waals surface area contributed by atoms with E-state index in [0.717, 1.165) is 0 Å². The molecule has 8 nitrogen and oxygen atoms in total. The third-order valence-corrected chi connectivity index (χ3v) is 5.99. The smallest absolute Gasteiger partial charge is 0.186 e. The van der Waals surface area contributed by atoms with Gasteiger partial charge in [0.25, 0.3) is 0 Å². The van der Waals surface area contributed by atoms with E-state index in [1.807, 2.05) is 20.8 Å². The molecule has 0 bridgehead atoms. The second kappa shape index (κ2) is 8.42. The molecule has 2 fully saturated rings. The van der Waals surface area contributed by atoms with Gasteiger partial charge in [0.1, 0.15) is 24.4 Å². The summed E-state index contributed by atoms with van der Waals surface area (Å²) in [5.74, 6) is -0.203. The Morgan fingerprint density at radius 3 is 2.33 bits per heavy atom. The van der Waals surface area contributed by atoms with Crippen LogP contribution in [0.4, 0.5) is 0 Å². The number of ether oxygens (including phenoxy) is 2. The van der Waals surface area contributed by atoms with Gasteiger partial charge >= 0.3 is 0 Å². The molecule has 6 N–H and O–H groups in total. The summed E-state index contributed by atoms with van der Waals surface area (Å²) in [7, 11) is 0. The minimum Gasteiger partial charge on any atom is -0.394 e. The van der Waals surface area contributed by atoms with Gasteiger partial charge in [0, 0.05) is 0 Å². The summed E-state index contributed by atoms with van der Waals surface area (Å²) in [6.07, 6.45) is -3.46. The normalized spacial score (nSPS) is 46.5. The summed E-state index contributed by atoms with van der Waals surface area (Å²) >= 11 is 0. The first-order valence-electron chi connectivity index (χ1n) is 9.48. The minimum absolute atomic E-state index is 0.203. The Kier molecular flexibility index (Phi) is 7.08. The molecule has 9 atom stereocenters. The van der Waals surface area contributed by atoms with E-state index in [-0.39, 0.29) is 12.0 Å². The van der Waals surface area contributed by atoms with Crippen molar-refractivity contribution in [2.75, 3.05) is 6.61 Å². The number of aliphatic hydroxyl groups is 6. The van der Waals surface area contributed by atoms with E-state index in [4.69, 9.17) is 9.47 Å². The molecule has 0 amide bonds. The second-order valence-corrected chi connectivity index (χ2v) is 8.61. The molecular formula is C19H34O8. The lowest BCUT2D eigenvalue weighted by Crippen LogP contribution is -2.61. The predicted octanol–water partition coefficient (Wildman–Crippen LogP) is -0.704. The lowest BCUT2D eigenvalue weighted by Gasteiger charge is -2.52. The molecule has 1 aliphatic heterocycles. The molecule has 0 radical (unpaired) electrons. The zero-order valence-electron chi connectivity index (χ0n) is 16.4. The Labute approximate surface area is 160 Å². The zero-order valence-corrected chi connectivity index (χ0v) is 16.4. The lowest BCUT2D eigenvalue weighted by molar-refractivity contribution is -0.319. The molecule has 1 saturated carbocycles. The first kappa shape index (κ1) is 22.7. The van der Waals surface area contributed by atoms with Crippen LogP contribution in [0.25, 0.3) is 0 Å². The van der Waals surface area contributed by atoms with Crippen LogP contribution in [0.2, 0.25) is 0 Å². The monoisotopic (exact) mass is 390 g/mol. The van der Waals surface area contributed by atoms with E-state index >= 15 is 0 Å². The molecule has 27 heavy (non-hydrogen) atoms. The Morgan fingerprint density at radius 1 is 1.19 bits per heavy atom. The molecule has 1 aliphatic carbocycles. The molecule has 0 aromatic heterocycles. The van der Waals surface area contributed by atoms with Crippen LogP contribution < -0.4 is 0 Å². The Morgan fingerprint density at radius 2 is 1.81 bits per heavy atom. The zero-order chi connectivity index (χ0) is 20.6. The van der Waals surface area contributed by atoms with E-state index in [0.29, 0.717) is 12.8 Å². The molecule has 0 spiro atoms. The third kappa shape index (κ3) is 4.54. The summed E-state index contributed by atoms with van der Waals surface area (Å²) < 4.78 is 11.3. The maximum atomic E-state index is 11.2. The van der Waals surface area contributed by atoms with Gasteiger partial charge in [-0.2, -0.15) is 0 Å². The van der Waals surface area contributed by atoms with Crippen molar-refractivity contribution in [2.45, 2.75) is 89.1 Å². The van der Waals surface area contributed by atoms with Gasteiger partial charge in [0.15, 0.2) is 6.29 Å². The molecule has 2 rings (SSSR count). The fraction of sp³-hybridized carbons (Fsp3) is 0.895. The third-order valence-electron chi connectivity index (χ3n) is 5.99. The van der Waals surface area contributed by atoms with Gasteiger partial charge in [-0.3, -0.25) is 0 Å². The van der Waals surface area contributed by atoms with Crippen molar-refractivity contribution in [1.29, 1.82) is 0 Å². The van der Waals surface area contributed by atoms with Gasteiger partial charge in [-0.05, 0) is 31.1 Å². The van der Waals surface area contributed by atoms with Crippen molar-refractivity contribution >= 4 is 0 Å².